The molecule has 9 N–H and O–H groups in total. The van der Waals surface area contributed by atoms with Crippen LogP contribution in [-0.4, -0.2) is 91.4 Å². The molecular weight excluding hydrogens is 708 g/mol. The largest absolute Gasteiger partial charge is 0.548 e. The van der Waals surface area contributed by atoms with Crippen LogP contribution < -0.4 is 27.6 Å². The van der Waals surface area contributed by atoms with E-state index in [9.17, 15) is 35.0 Å². The van der Waals surface area contributed by atoms with E-state index in [4.69, 9.17) is 16.5 Å². The summed E-state index contributed by atoms with van der Waals surface area (Å²) in [7, 11) is 0. The number of ketones is 1. The Labute approximate surface area is 323 Å². The fraction of sp³-hybridized carbons (Fsp3) is 0.500. The van der Waals surface area contributed by atoms with E-state index >= 15 is 0 Å². The molecule has 55 heavy (non-hydrogen) atoms. The number of aliphatic carboxylic acids is 2. The maximum absolute atomic E-state index is 11.0. The number of carbonyl (C=O) groups is 3. The quantitative estimate of drug-likeness (QED) is 0.0829. The van der Waals surface area contributed by atoms with Crippen LogP contribution in [0, 0.1) is 0 Å². The van der Waals surface area contributed by atoms with E-state index < -0.39 is 40.6 Å². The summed E-state index contributed by atoms with van der Waals surface area (Å²) in [5.74, 6) is 2.57. The average Bonchev–Trinajstić information content (AvgIpc) is 3.36. The summed E-state index contributed by atoms with van der Waals surface area (Å²) in [4.78, 5) is 42.2. The predicted molar refractivity (Wildman–Crippen MR) is 203 cm³/mol. The summed E-state index contributed by atoms with van der Waals surface area (Å²) in [6, 6.07) is 12.4. The first-order chi connectivity index (χ1) is 25.3. The van der Waals surface area contributed by atoms with Gasteiger partial charge in [0.15, 0.2) is 5.78 Å². The zero-order chi connectivity index (χ0) is 42.1. The summed E-state index contributed by atoms with van der Waals surface area (Å²) >= 11 is 0. The summed E-state index contributed by atoms with van der Waals surface area (Å²) < 4.78 is 0. The number of oxime groups is 1. The van der Waals surface area contributed by atoms with Gasteiger partial charge in [-0.1, -0.05) is 65.8 Å². The van der Waals surface area contributed by atoms with E-state index in [-0.39, 0.29) is 24.3 Å². The molecule has 2 heterocycles. The molecule has 4 rings (SSSR count). The highest BCUT2D eigenvalue weighted by Gasteiger charge is 2.46. The van der Waals surface area contributed by atoms with Crippen molar-refractivity contribution in [2.45, 2.75) is 116 Å². The number of benzene rings is 2. The lowest BCUT2D eigenvalue weighted by Gasteiger charge is -2.36. The number of carboxylic acids is 2. The third-order valence-corrected chi connectivity index (χ3v) is 9.74. The van der Waals surface area contributed by atoms with Crippen molar-refractivity contribution in [2.75, 3.05) is 13.2 Å². The molecule has 0 radical (unpaired) electrons. The molecule has 2 aromatic carbocycles. The smallest absolute Gasteiger partial charge is 0.159 e. The van der Waals surface area contributed by atoms with Gasteiger partial charge in [-0.05, 0) is 103 Å². The molecule has 0 bridgehead atoms. The van der Waals surface area contributed by atoms with Crippen LogP contribution in [0.15, 0.2) is 77.0 Å². The zero-order valence-electron chi connectivity index (χ0n) is 33.7. The summed E-state index contributed by atoms with van der Waals surface area (Å²) in [6.45, 7) is 19.5. The van der Waals surface area contributed by atoms with Crippen molar-refractivity contribution >= 4 is 23.4 Å². The zero-order valence-corrected chi connectivity index (χ0v) is 33.7. The topological polar surface area (TPSA) is 255 Å². The number of hydrogen-bond donors (Lipinski definition) is 5. The Morgan fingerprint density at radius 1 is 0.745 bits per heavy atom. The van der Waals surface area contributed by atoms with Crippen molar-refractivity contribution in [1.82, 2.24) is 10.1 Å². The molecule has 0 saturated carbocycles. The summed E-state index contributed by atoms with van der Waals surface area (Å²) in [6.07, 6.45) is 4.52. The van der Waals surface area contributed by atoms with Crippen molar-refractivity contribution in [3.8, 4) is 0 Å². The molecule has 2 aromatic rings. The Bertz CT molecular complexity index is 1730. The lowest BCUT2D eigenvalue weighted by molar-refractivity contribution is -0.437. The molecule has 15 nitrogen and oxygen atoms in total. The number of carbonyl (C=O) groups excluding carboxylic acids is 3. The van der Waals surface area contributed by atoms with Crippen LogP contribution in [-0.2, 0) is 32.1 Å². The van der Waals surface area contributed by atoms with Crippen LogP contribution in [0.1, 0.15) is 96.3 Å². The minimum Gasteiger partial charge on any atom is -0.548 e. The van der Waals surface area contributed by atoms with Crippen LogP contribution in [0.5, 0.6) is 0 Å². The number of Topliss-reactive ketones (excluding diaryl/α,β-unsaturated/α-hetero) is 1. The van der Waals surface area contributed by atoms with Crippen molar-refractivity contribution < 1.29 is 50.4 Å². The van der Waals surface area contributed by atoms with Gasteiger partial charge in [-0.25, -0.2) is 5.90 Å². The lowest BCUT2D eigenvalue weighted by atomic mass is 9.97. The van der Waals surface area contributed by atoms with Gasteiger partial charge in [-0.15, -0.1) is 0 Å². The molecule has 2 aliphatic heterocycles. The first kappa shape index (κ1) is 46.8. The Morgan fingerprint density at radius 3 is 1.53 bits per heavy atom. The van der Waals surface area contributed by atoms with Gasteiger partial charge in [0, 0.05) is 18.0 Å². The summed E-state index contributed by atoms with van der Waals surface area (Å²) in [5, 5.41) is 48.2. The fourth-order valence-corrected chi connectivity index (χ4v) is 6.28. The SMILES string of the molecule is C/C(=N\OCC1=CC(C)(C)N(O)C1(C)C)c1ccc(C[C@H]([NH3+])C(=O)[O-])cc1.CC(=O)c1ccc(C[C@H](N)C(=O)[O-])cc1.CC1(C)C=C(CON)C(C)(C)N1O. The molecule has 0 aliphatic carbocycles. The normalized spacial score (nSPS) is 19.4. The van der Waals surface area contributed by atoms with Gasteiger partial charge in [0.25, 0.3) is 0 Å². The second-order valence-corrected chi connectivity index (χ2v) is 15.9. The second kappa shape index (κ2) is 19.0. The maximum Gasteiger partial charge on any atom is 0.159 e. The number of hydrogen-bond acceptors (Lipinski definition) is 14. The van der Waals surface area contributed by atoms with Crippen molar-refractivity contribution in [2.24, 2.45) is 16.8 Å². The van der Waals surface area contributed by atoms with Gasteiger partial charge in [0.2, 0.25) is 0 Å². The summed E-state index contributed by atoms with van der Waals surface area (Å²) in [5.41, 5.74) is 13.0. The maximum atomic E-state index is 11.0. The molecule has 15 heteroatoms. The molecule has 0 saturated heterocycles. The van der Waals surface area contributed by atoms with Crippen LogP contribution >= 0.6 is 0 Å². The van der Waals surface area contributed by atoms with Crippen molar-refractivity contribution in [1.29, 1.82) is 0 Å². The van der Waals surface area contributed by atoms with E-state index in [2.05, 4.69) is 15.7 Å². The Kier molecular flexibility index (Phi) is 16.2. The van der Waals surface area contributed by atoms with E-state index in [1.54, 1.807) is 24.3 Å². The predicted octanol–water partition coefficient (Wildman–Crippen LogP) is 1.09. The number of hydroxylamine groups is 4. The Hall–Kier alpha value is -4.32. The monoisotopic (exact) mass is 767 g/mol. The molecule has 0 spiro atoms. The molecular formula is C40H59N6O9-. The van der Waals surface area contributed by atoms with Crippen LogP contribution in [0.25, 0.3) is 0 Å². The number of rotatable bonds is 13. The molecule has 2 atom stereocenters. The van der Waals surface area contributed by atoms with E-state index in [0.717, 1.165) is 27.8 Å². The van der Waals surface area contributed by atoms with E-state index in [1.165, 1.54) is 17.1 Å². The highest BCUT2D eigenvalue weighted by Crippen LogP contribution is 2.39. The number of nitrogens with zero attached hydrogens (tertiary/aromatic N) is 3. The van der Waals surface area contributed by atoms with Crippen molar-refractivity contribution in [3.05, 3.63) is 94.1 Å². The third kappa shape index (κ3) is 12.6. The van der Waals surface area contributed by atoms with Crippen LogP contribution in [0.2, 0.25) is 0 Å². The molecule has 2 aliphatic rings. The lowest BCUT2D eigenvalue weighted by Crippen LogP contribution is -2.69. The average molecular weight is 768 g/mol. The highest BCUT2D eigenvalue weighted by atomic mass is 16.6. The van der Waals surface area contributed by atoms with Gasteiger partial charge in [-0.2, -0.15) is 10.1 Å². The van der Waals surface area contributed by atoms with Gasteiger partial charge < -0.3 is 51.4 Å². The van der Waals surface area contributed by atoms with Gasteiger partial charge >= 0.3 is 0 Å². The van der Waals surface area contributed by atoms with E-state index in [0.29, 0.717) is 24.3 Å². The second-order valence-electron chi connectivity index (χ2n) is 15.9. The number of quaternary nitrogens is 1. The number of nitrogens with two attached hydrogens (primary N) is 2. The molecule has 0 unspecified atom stereocenters. The minimum atomic E-state index is -1.27. The molecule has 0 amide bonds. The number of carboxylic acid groups (broad SMARTS) is 2. The first-order valence-electron chi connectivity index (χ1n) is 17.9. The van der Waals surface area contributed by atoms with Gasteiger partial charge in [0.1, 0.15) is 12.6 Å². The minimum absolute atomic E-state index is 0.0225. The van der Waals surface area contributed by atoms with Crippen LogP contribution in [0.4, 0.5) is 0 Å². The standard InChI is InChI=1S/C20H29N3O4.C11H13NO3.C9H18N2O2/c1-13(15-8-6-14(7-9-15)10-17(21)18(24)25)22-27-12-16-11-19(2,3)23(26)20(16,4)5;1-7(13)9-4-2-8(3-5-9)6-10(12)11(14)15;1-8(2)5-7(6-13-10)9(3,4)11(8)12/h6-9,11,17,26H,10,12,21H2,1-5H3,(H,24,25);2-5,10H,6,12H2,1H3,(H,14,15);5,12H,6,10H2,1-4H3/p-1/b22-13+;;/t17-;10-;/m00./s1. The third-order valence-electron chi connectivity index (χ3n) is 9.74. The van der Waals surface area contributed by atoms with Crippen molar-refractivity contribution in [3.63, 3.8) is 0 Å². The van der Waals surface area contributed by atoms with Crippen LogP contribution in [0.3, 0.4) is 0 Å². The molecule has 0 fully saturated rings. The van der Waals surface area contributed by atoms with E-state index in [1.807, 2.05) is 98.7 Å². The molecule has 304 valence electrons. The molecule has 0 aromatic heterocycles. The highest BCUT2D eigenvalue weighted by molar-refractivity contribution is 5.98. The fourth-order valence-electron chi connectivity index (χ4n) is 6.28. The van der Waals surface area contributed by atoms with Gasteiger partial charge in [0.05, 0.1) is 46.4 Å². The Morgan fingerprint density at radius 2 is 1.16 bits per heavy atom. The first-order valence-corrected chi connectivity index (χ1v) is 17.9. The van der Waals surface area contributed by atoms with Gasteiger partial charge in [-0.3, -0.25) is 4.79 Å². The Balaban J connectivity index is 0.000000314.